The van der Waals surface area contributed by atoms with Crippen molar-refractivity contribution < 1.29 is 4.74 Å². The number of halogens is 1. The number of fused-ring (bicyclic) bond motifs is 1. The molecule has 1 N–H and O–H groups in total. The van der Waals surface area contributed by atoms with Crippen molar-refractivity contribution >= 4 is 44.8 Å². The van der Waals surface area contributed by atoms with E-state index in [-0.39, 0.29) is 17.4 Å². The minimum atomic E-state index is -0.0372. The van der Waals surface area contributed by atoms with Gasteiger partial charge in [0.05, 0.1) is 21.8 Å². The van der Waals surface area contributed by atoms with Crippen LogP contribution in [0.1, 0.15) is 13.8 Å². The van der Waals surface area contributed by atoms with Gasteiger partial charge in [-0.2, -0.15) is 15.0 Å². The minimum Gasteiger partial charge on any atom is -0.461 e. The summed E-state index contributed by atoms with van der Waals surface area (Å²) in [5.74, 6) is 0.342. The molecule has 2 aromatic heterocycles. The summed E-state index contributed by atoms with van der Waals surface area (Å²) in [6.07, 6.45) is -0.0372. The normalized spacial score (nSPS) is 11.0. The highest BCUT2D eigenvalue weighted by atomic mass is 35.5. The molecule has 0 radical (unpaired) electrons. The molecule has 6 nitrogen and oxygen atoms in total. The van der Waals surface area contributed by atoms with E-state index in [2.05, 4.69) is 25.3 Å². The maximum absolute atomic E-state index is 5.89. The van der Waals surface area contributed by atoms with E-state index < -0.39 is 0 Å². The Morgan fingerprint density at radius 1 is 1.24 bits per heavy atom. The van der Waals surface area contributed by atoms with Gasteiger partial charge in [-0.1, -0.05) is 0 Å². The zero-order valence-electron chi connectivity index (χ0n) is 11.4. The Labute approximate surface area is 130 Å². The van der Waals surface area contributed by atoms with Crippen LogP contribution in [-0.2, 0) is 0 Å². The first-order valence-corrected chi connectivity index (χ1v) is 7.54. The molecule has 1 aromatic carbocycles. The molecule has 0 atom stereocenters. The summed E-state index contributed by atoms with van der Waals surface area (Å²) in [6, 6.07) is 6.02. The first-order chi connectivity index (χ1) is 10.1. The lowest BCUT2D eigenvalue weighted by Crippen LogP contribution is -2.10. The first-order valence-electron chi connectivity index (χ1n) is 6.28. The number of anilines is 2. The van der Waals surface area contributed by atoms with Crippen molar-refractivity contribution in [2.24, 2.45) is 0 Å². The number of ether oxygens (including phenoxy) is 1. The molecule has 0 fully saturated rings. The Morgan fingerprint density at radius 2 is 2.10 bits per heavy atom. The quantitative estimate of drug-likeness (QED) is 0.790. The Morgan fingerprint density at radius 3 is 2.90 bits per heavy atom. The van der Waals surface area contributed by atoms with Crippen LogP contribution in [0.4, 0.5) is 11.6 Å². The van der Waals surface area contributed by atoms with Crippen LogP contribution in [0.2, 0.25) is 5.28 Å². The van der Waals surface area contributed by atoms with Crippen molar-refractivity contribution in [2.45, 2.75) is 20.0 Å². The molecule has 0 aliphatic carbocycles. The van der Waals surface area contributed by atoms with E-state index in [1.807, 2.05) is 37.6 Å². The fourth-order valence-corrected chi connectivity index (χ4v) is 2.58. The summed E-state index contributed by atoms with van der Waals surface area (Å²) < 4.78 is 6.52. The van der Waals surface area contributed by atoms with E-state index in [1.165, 1.54) is 0 Å². The van der Waals surface area contributed by atoms with Crippen LogP contribution in [0.25, 0.3) is 10.2 Å². The standard InChI is InChI=1S/C13H12ClN5OS/c1-7(2)20-13-18-11(14)17-12(19-13)16-8-3-4-9-10(5-8)21-6-15-9/h3-7H,1-2H3,(H,16,17,18,19). The lowest BCUT2D eigenvalue weighted by Gasteiger charge is -2.09. The number of hydrogen-bond acceptors (Lipinski definition) is 7. The second-order valence-corrected chi connectivity index (χ2v) is 5.76. The fraction of sp³-hybridized carbons (Fsp3) is 0.231. The van der Waals surface area contributed by atoms with Crippen molar-refractivity contribution in [3.05, 3.63) is 29.0 Å². The molecule has 0 bridgehead atoms. The molecule has 8 heteroatoms. The molecule has 0 amide bonds. The van der Waals surface area contributed by atoms with Gasteiger partial charge in [-0.15, -0.1) is 11.3 Å². The van der Waals surface area contributed by atoms with Crippen molar-refractivity contribution in [1.82, 2.24) is 19.9 Å². The zero-order chi connectivity index (χ0) is 14.8. The predicted molar refractivity (Wildman–Crippen MR) is 83.5 cm³/mol. The van der Waals surface area contributed by atoms with Gasteiger partial charge in [0, 0.05) is 5.69 Å². The second-order valence-electron chi connectivity index (χ2n) is 4.54. The average molecular weight is 322 g/mol. The zero-order valence-corrected chi connectivity index (χ0v) is 12.9. The molecule has 2 heterocycles. The SMILES string of the molecule is CC(C)Oc1nc(Cl)nc(Nc2ccc3ncsc3c2)n1. The van der Waals surface area contributed by atoms with Crippen molar-refractivity contribution in [1.29, 1.82) is 0 Å². The van der Waals surface area contributed by atoms with Crippen LogP contribution < -0.4 is 10.1 Å². The van der Waals surface area contributed by atoms with E-state index in [9.17, 15) is 0 Å². The van der Waals surface area contributed by atoms with Gasteiger partial charge in [0.15, 0.2) is 0 Å². The second kappa shape index (κ2) is 5.79. The number of nitrogens with one attached hydrogen (secondary N) is 1. The molecule has 108 valence electrons. The van der Waals surface area contributed by atoms with Crippen LogP contribution in [0.3, 0.4) is 0 Å². The molecule has 0 saturated heterocycles. The van der Waals surface area contributed by atoms with Gasteiger partial charge in [0.25, 0.3) is 0 Å². The number of rotatable bonds is 4. The van der Waals surface area contributed by atoms with Crippen LogP contribution in [-0.4, -0.2) is 26.0 Å². The Bertz CT molecular complexity index is 776. The third kappa shape index (κ3) is 3.37. The summed E-state index contributed by atoms with van der Waals surface area (Å²) in [7, 11) is 0. The molecule has 21 heavy (non-hydrogen) atoms. The topological polar surface area (TPSA) is 72.8 Å². The van der Waals surface area contributed by atoms with Gasteiger partial charge >= 0.3 is 6.01 Å². The van der Waals surface area contributed by atoms with E-state index in [1.54, 1.807) is 11.3 Å². The molecule has 0 saturated carbocycles. The highest BCUT2D eigenvalue weighted by Crippen LogP contribution is 2.24. The molecule has 0 aliphatic rings. The van der Waals surface area contributed by atoms with Gasteiger partial charge in [0.2, 0.25) is 11.2 Å². The highest BCUT2D eigenvalue weighted by molar-refractivity contribution is 7.16. The summed E-state index contributed by atoms with van der Waals surface area (Å²) in [4.78, 5) is 16.4. The summed E-state index contributed by atoms with van der Waals surface area (Å²) >= 11 is 7.46. The maximum atomic E-state index is 5.89. The lowest BCUT2D eigenvalue weighted by molar-refractivity contribution is 0.222. The van der Waals surface area contributed by atoms with E-state index >= 15 is 0 Å². The number of aromatic nitrogens is 4. The summed E-state index contributed by atoms with van der Waals surface area (Å²) in [6.45, 7) is 3.78. The molecule has 3 rings (SSSR count). The minimum absolute atomic E-state index is 0.0372. The lowest BCUT2D eigenvalue weighted by atomic mass is 10.3. The third-order valence-corrected chi connectivity index (χ3v) is 3.48. The van der Waals surface area contributed by atoms with Crippen LogP contribution in [0.5, 0.6) is 6.01 Å². The Kier molecular flexibility index (Phi) is 3.85. The van der Waals surface area contributed by atoms with Crippen molar-refractivity contribution in [3.63, 3.8) is 0 Å². The summed E-state index contributed by atoms with van der Waals surface area (Å²) in [5.41, 5.74) is 3.62. The van der Waals surface area contributed by atoms with Crippen LogP contribution >= 0.6 is 22.9 Å². The predicted octanol–water partition coefficient (Wildman–Crippen LogP) is 3.67. The van der Waals surface area contributed by atoms with E-state index in [4.69, 9.17) is 16.3 Å². The molecule has 0 spiro atoms. The number of hydrogen-bond donors (Lipinski definition) is 1. The smallest absolute Gasteiger partial charge is 0.322 e. The van der Waals surface area contributed by atoms with Gasteiger partial charge in [-0.05, 0) is 43.6 Å². The van der Waals surface area contributed by atoms with Gasteiger partial charge < -0.3 is 10.1 Å². The van der Waals surface area contributed by atoms with Gasteiger partial charge in [-0.25, -0.2) is 4.98 Å². The fourth-order valence-electron chi connectivity index (χ4n) is 1.71. The average Bonchev–Trinajstić information content (AvgIpc) is 2.84. The van der Waals surface area contributed by atoms with Crippen LogP contribution in [0, 0.1) is 0 Å². The number of nitrogens with zero attached hydrogens (tertiary/aromatic N) is 4. The molecule has 3 aromatic rings. The van der Waals surface area contributed by atoms with E-state index in [0.29, 0.717) is 5.95 Å². The Hall–Kier alpha value is -1.99. The van der Waals surface area contributed by atoms with E-state index in [0.717, 1.165) is 15.9 Å². The van der Waals surface area contributed by atoms with Crippen molar-refractivity contribution in [3.8, 4) is 6.01 Å². The first kappa shape index (κ1) is 14.0. The molecular weight excluding hydrogens is 310 g/mol. The largest absolute Gasteiger partial charge is 0.461 e. The van der Waals surface area contributed by atoms with Gasteiger partial charge in [-0.3, -0.25) is 0 Å². The maximum Gasteiger partial charge on any atom is 0.322 e. The molecule has 0 unspecified atom stereocenters. The molecular formula is C13H12ClN5OS. The number of thiazole rings is 1. The third-order valence-electron chi connectivity index (χ3n) is 2.52. The summed E-state index contributed by atoms with van der Waals surface area (Å²) in [5, 5.41) is 3.18. The van der Waals surface area contributed by atoms with Gasteiger partial charge in [0.1, 0.15) is 0 Å². The number of benzene rings is 1. The van der Waals surface area contributed by atoms with Crippen LogP contribution in [0.15, 0.2) is 23.7 Å². The Balaban J connectivity index is 1.87. The highest BCUT2D eigenvalue weighted by Gasteiger charge is 2.08. The van der Waals surface area contributed by atoms with Crippen molar-refractivity contribution in [2.75, 3.05) is 5.32 Å². The monoisotopic (exact) mass is 321 g/mol. The molecule has 0 aliphatic heterocycles.